The molecular formula is C18H35N. The summed E-state index contributed by atoms with van der Waals surface area (Å²) >= 11 is 0. The molecule has 0 aliphatic heterocycles. The molecule has 0 aromatic rings. The van der Waals surface area contributed by atoms with Crippen molar-refractivity contribution in [2.24, 2.45) is 17.3 Å². The van der Waals surface area contributed by atoms with Crippen LogP contribution in [0.25, 0.3) is 0 Å². The minimum atomic E-state index is 0.636. The summed E-state index contributed by atoms with van der Waals surface area (Å²) in [7, 11) is 0. The highest BCUT2D eigenvalue weighted by molar-refractivity contribution is 4.98. The number of hydrogen-bond donors (Lipinski definition) is 1. The molecule has 2 aliphatic carbocycles. The molecule has 3 unspecified atom stereocenters. The van der Waals surface area contributed by atoms with Crippen LogP contribution in [0.2, 0.25) is 0 Å². The smallest absolute Gasteiger partial charge is 0.0152 e. The molecule has 1 heteroatoms. The Morgan fingerprint density at radius 3 is 2.42 bits per heavy atom. The van der Waals surface area contributed by atoms with Gasteiger partial charge >= 0.3 is 0 Å². The van der Waals surface area contributed by atoms with Crippen LogP contribution in [0, 0.1) is 17.3 Å². The van der Waals surface area contributed by atoms with Crippen LogP contribution in [0.1, 0.15) is 85.0 Å². The van der Waals surface area contributed by atoms with Gasteiger partial charge in [-0.1, -0.05) is 46.5 Å². The Morgan fingerprint density at radius 2 is 1.84 bits per heavy atom. The van der Waals surface area contributed by atoms with Crippen LogP contribution in [-0.4, -0.2) is 12.6 Å². The molecule has 0 aromatic heterocycles. The van der Waals surface area contributed by atoms with Gasteiger partial charge in [-0.3, -0.25) is 0 Å². The quantitative estimate of drug-likeness (QED) is 0.700. The summed E-state index contributed by atoms with van der Waals surface area (Å²) in [5.41, 5.74) is 0.636. The van der Waals surface area contributed by atoms with Gasteiger partial charge in [0.15, 0.2) is 0 Å². The van der Waals surface area contributed by atoms with Crippen LogP contribution in [0.5, 0.6) is 0 Å². The van der Waals surface area contributed by atoms with E-state index in [1.807, 2.05) is 0 Å². The molecule has 1 nitrogen and oxygen atoms in total. The van der Waals surface area contributed by atoms with Crippen molar-refractivity contribution < 1.29 is 0 Å². The minimum absolute atomic E-state index is 0.636. The largest absolute Gasteiger partial charge is 0.313 e. The Hall–Kier alpha value is -0.0400. The van der Waals surface area contributed by atoms with Gasteiger partial charge in [-0.05, 0) is 62.3 Å². The molecule has 0 radical (unpaired) electrons. The fourth-order valence-corrected chi connectivity index (χ4v) is 4.93. The molecule has 0 heterocycles. The topological polar surface area (TPSA) is 12.0 Å². The fourth-order valence-electron chi connectivity index (χ4n) is 4.93. The van der Waals surface area contributed by atoms with Gasteiger partial charge in [-0.15, -0.1) is 0 Å². The molecule has 2 aliphatic rings. The zero-order chi connectivity index (χ0) is 13.7. The van der Waals surface area contributed by atoms with Crippen LogP contribution >= 0.6 is 0 Å². The van der Waals surface area contributed by atoms with Gasteiger partial charge < -0.3 is 5.32 Å². The van der Waals surface area contributed by atoms with E-state index in [0.29, 0.717) is 5.41 Å². The fraction of sp³-hybridized carbons (Fsp3) is 1.00. The maximum Gasteiger partial charge on any atom is 0.0152 e. The molecule has 2 saturated carbocycles. The lowest BCUT2D eigenvalue weighted by Crippen LogP contribution is -2.50. The Morgan fingerprint density at radius 1 is 1.11 bits per heavy atom. The van der Waals surface area contributed by atoms with Gasteiger partial charge in [0, 0.05) is 6.04 Å². The summed E-state index contributed by atoms with van der Waals surface area (Å²) in [6.45, 7) is 8.44. The molecule has 0 spiro atoms. The van der Waals surface area contributed by atoms with Gasteiger partial charge in [0.25, 0.3) is 0 Å². The van der Waals surface area contributed by atoms with E-state index in [0.717, 1.165) is 17.9 Å². The first kappa shape index (κ1) is 15.4. The second kappa shape index (κ2) is 7.11. The summed E-state index contributed by atoms with van der Waals surface area (Å²) in [5, 5.41) is 3.99. The van der Waals surface area contributed by atoms with E-state index in [-0.39, 0.29) is 0 Å². The molecule has 1 N–H and O–H groups in total. The van der Waals surface area contributed by atoms with Crippen molar-refractivity contribution in [3.8, 4) is 0 Å². The summed E-state index contributed by atoms with van der Waals surface area (Å²) in [6, 6.07) is 0.808. The van der Waals surface area contributed by atoms with E-state index in [9.17, 15) is 0 Å². The number of nitrogens with one attached hydrogen (secondary N) is 1. The SMILES string of the molecule is CCCNC(C1CCCC(C)C1)C1(CC)CCCC1. The highest BCUT2D eigenvalue weighted by atomic mass is 14.9. The molecule has 0 bridgehead atoms. The predicted octanol–water partition coefficient (Wildman–Crippen LogP) is 5.15. The highest BCUT2D eigenvalue weighted by Gasteiger charge is 2.43. The van der Waals surface area contributed by atoms with Gasteiger partial charge in [0.1, 0.15) is 0 Å². The van der Waals surface area contributed by atoms with Crippen LogP contribution < -0.4 is 5.32 Å². The van der Waals surface area contributed by atoms with Crippen molar-refractivity contribution in [3.63, 3.8) is 0 Å². The molecule has 0 saturated heterocycles. The van der Waals surface area contributed by atoms with Crippen molar-refractivity contribution in [1.29, 1.82) is 0 Å². The standard InChI is InChI=1S/C18H35N/c1-4-13-19-17(16-10-8-9-15(3)14-16)18(5-2)11-6-7-12-18/h15-17,19H,4-14H2,1-3H3. The summed E-state index contributed by atoms with van der Waals surface area (Å²) < 4.78 is 0. The number of rotatable bonds is 6. The van der Waals surface area contributed by atoms with Crippen molar-refractivity contribution in [2.75, 3.05) is 6.54 Å². The van der Waals surface area contributed by atoms with Crippen molar-refractivity contribution in [2.45, 2.75) is 91.0 Å². The van der Waals surface area contributed by atoms with Crippen molar-refractivity contribution in [1.82, 2.24) is 5.32 Å². The van der Waals surface area contributed by atoms with Crippen LogP contribution in [0.3, 0.4) is 0 Å². The number of hydrogen-bond acceptors (Lipinski definition) is 1. The first-order chi connectivity index (χ1) is 9.22. The Bertz CT molecular complexity index is 254. The molecule has 0 amide bonds. The molecule has 19 heavy (non-hydrogen) atoms. The molecule has 2 rings (SSSR count). The highest BCUT2D eigenvalue weighted by Crippen LogP contribution is 2.48. The van der Waals surface area contributed by atoms with E-state index < -0.39 is 0 Å². The predicted molar refractivity (Wildman–Crippen MR) is 84.4 cm³/mol. The van der Waals surface area contributed by atoms with E-state index in [4.69, 9.17) is 0 Å². The third-order valence-corrected chi connectivity index (χ3v) is 6.03. The first-order valence-electron chi connectivity index (χ1n) is 8.95. The van der Waals surface area contributed by atoms with Gasteiger partial charge in [-0.2, -0.15) is 0 Å². The molecule has 3 atom stereocenters. The average Bonchev–Trinajstić information content (AvgIpc) is 2.89. The molecule has 112 valence electrons. The Labute approximate surface area is 120 Å². The van der Waals surface area contributed by atoms with E-state index in [1.165, 1.54) is 70.8 Å². The van der Waals surface area contributed by atoms with E-state index >= 15 is 0 Å². The minimum Gasteiger partial charge on any atom is -0.313 e. The van der Waals surface area contributed by atoms with Crippen molar-refractivity contribution >= 4 is 0 Å². The lowest BCUT2D eigenvalue weighted by atomic mass is 9.66. The molecule has 2 fully saturated rings. The maximum absolute atomic E-state index is 3.99. The Balaban J connectivity index is 2.09. The zero-order valence-electron chi connectivity index (χ0n) is 13.5. The zero-order valence-corrected chi connectivity index (χ0v) is 13.5. The van der Waals surface area contributed by atoms with Crippen molar-refractivity contribution in [3.05, 3.63) is 0 Å². The first-order valence-corrected chi connectivity index (χ1v) is 8.95. The van der Waals surface area contributed by atoms with Crippen LogP contribution in [0.15, 0.2) is 0 Å². The van der Waals surface area contributed by atoms with Crippen LogP contribution in [-0.2, 0) is 0 Å². The molecule has 0 aromatic carbocycles. The van der Waals surface area contributed by atoms with E-state index in [1.54, 1.807) is 0 Å². The third kappa shape index (κ3) is 3.54. The van der Waals surface area contributed by atoms with Gasteiger partial charge in [-0.25, -0.2) is 0 Å². The molecular weight excluding hydrogens is 230 g/mol. The van der Waals surface area contributed by atoms with Crippen LogP contribution in [0.4, 0.5) is 0 Å². The maximum atomic E-state index is 3.99. The lowest BCUT2D eigenvalue weighted by molar-refractivity contribution is 0.0963. The van der Waals surface area contributed by atoms with E-state index in [2.05, 4.69) is 26.1 Å². The summed E-state index contributed by atoms with van der Waals surface area (Å²) in [6.07, 6.45) is 14.5. The monoisotopic (exact) mass is 265 g/mol. The third-order valence-electron chi connectivity index (χ3n) is 6.03. The lowest BCUT2D eigenvalue weighted by Gasteiger charge is -2.45. The second-order valence-electron chi connectivity index (χ2n) is 7.39. The second-order valence-corrected chi connectivity index (χ2v) is 7.39. The average molecular weight is 265 g/mol. The summed E-state index contributed by atoms with van der Waals surface area (Å²) in [5.74, 6) is 1.91. The Kier molecular flexibility index (Phi) is 5.74. The summed E-state index contributed by atoms with van der Waals surface area (Å²) in [4.78, 5) is 0. The van der Waals surface area contributed by atoms with Gasteiger partial charge in [0.05, 0.1) is 0 Å². The van der Waals surface area contributed by atoms with Gasteiger partial charge in [0.2, 0.25) is 0 Å². The normalized spacial score (nSPS) is 32.4.